The van der Waals surface area contributed by atoms with Crippen LogP contribution in [-0.2, 0) is 4.74 Å². The third-order valence-electron chi connectivity index (χ3n) is 2.81. The molecule has 0 aromatic carbocycles. The molecule has 1 N–H and O–H groups in total. The van der Waals surface area contributed by atoms with Gasteiger partial charge in [-0.25, -0.2) is 0 Å². The lowest BCUT2D eigenvalue weighted by atomic mass is 10.0. The largest absolute Gasteiger partial charge is 0.385 e. The molecule has 0 aliphatic rings. The van der Waals surface area contributed by atoms with Crippen LogP contribution < -0.4 is 5.32 Å². The Kier molecular flexibility index (Phi) is 6.08. The minimum atomic E-state index is 0.351. The Morgan fingerprint density at radius 1 is 1.35 bits per heavy atom. The van der Waals surface area contributed by atoms with E-state index in [2.05, 4.69) is 28.5 Å². The minimum absolute atomic E-state index is 0.351. The molecule has 4 heteroatoms. The van der Waals surface area contributed by atoms with Crippen LogP contribution in [0.25, 0.3) is 0 Å². The zero-order chi connectivity index (χ0) is 12.7. The van der Waals surface area contributed by atoms with E-state index in [9.17, 15) is 0 Å². The maximum atomic E-state index is 5.10. The average molecular weight is 237 g/mol. The van der Waals surface area contributed by atoms with E-state index in [1.165, 1.54) is 5.56 Å². The van der Waals surface area contributed by atoms with Crippen LogP contribution in [0.4, 0.5) is 0 Å². The summed E-state index contributed by atoms with van der Waals surface area (Å²) in [7, 11) is 1.74. The number of methoxy groups -OCH3 is 1. The summed E-state index contributed by atoms with van der Waals surface area (Å²) in [5.41, 5.74) is 3.25. The van der Waals surface area contributed by atoms with Gasteiger partial charge in [-0.05, 0) is 44.9 Å². The van der Waals surface area contributed by atoms with E-state index in [1.54, 1.807) is 7.11 Å². The molecule has 0 saturated heterocycles. The van der Waals surface area contributed by atoms with Crippen LogP contribution in [0.1, 0.15) is 42.8 Å². The normalized spacial score (nSPS) is 12.7. The van der Waals surface area contributed by atoms with Crippen molar-refractivity contribution in [2.75, 3.05) is 20.3 Å². The summed E-state index contributed by atoms with van der Waals surface area (Å²) in [6.07, 6.45) is 2.11. The number of nitrogens with zero attached hydrogens (tertiary/aromatic N) is 2. The van der Waals surface area contributed by atoms with Crippen LogP contribution in [0, 0.1) is 13.8 Å². The van der Waals surface area contributed by atoms with Crippen LogP contribution in [0.2, 0.25) is 0 Å². The van der Waals surface area contributed by atoms with Gasteiger partial charge in [-0.2, -0.15) is 10.2 Å². The lowest BCUT2D eigenvalue weighted by Gasteiger charge is -2.19. The van der Waals surface area contributed by atoms with Crippen molar-refractivity contribution in [2.45, 2.75) is 39.7 Å². The van der Waals surface area contributed by atoms with E-state index < -0.39 is 0 Å². The summed E-state index contributed by atoms with van der Waals surface area (Å²) in [6.45, 7) is 7.88. The Bertz CT molecular complexity index is 341. The maximum absolute atomic E-state index is 5.10. The summed E-state index contributed by atoms with van der Waals surface area (Å²) in [4.78, 5) is 0. The molecule has 1 aromatic heterocycles. The van der Waals surface area contributed by atoms with Gasteiger partial charge in [-0.3, -0.25) is 0 Å². The Labute approximate surface area is 104 Å². The van der Waals surface area contributed by atoms with E-state index in [4.69, 9.17) is 4.74 Å². The molecule has 4 nitrogen and oxygen atoms in total. The second kappa shape index (κ2) is 7.35. The Morgan fingerprint density at radius 3 is 2.76 bits per heavy atom. The van der Waals surface area contributed by atoms with E-state index in [0.29, 0.717) is 6.04 Å². The van der Waals surface area contributed by atoms with Gasteiger partial charge in [0.1, 0.15) is 0 Å². The van der Waals surface area contributed by atoms with Crippen molar-refractivity contribution in [1.29, 1.82) is 0 Å². The lowest BCUT2D eigenvalue weighted by Crippen LogP contribution is -2.22. The third kappa shape index (κ3) is 4.40. The molecule has 0 saturated carbocycles. The zero-order valence-corrected chi connectivity index (χ0v) is 11.3. The van der Waals surface area contributed by atoms with E-state index in [1.807, 2.05) is 13.8 Å². The standard InChI is InChI=1S/C13H23N3O/c1-5-14-13(7-6-8-17-4)12-9-10(2)15-16-11(12)3/h9,13-14H,5-8H2,1-4H3. The van der Waals surface area contributed by atoms with Crippen molar-refractivity contribution >= 4 is 0 Å². The topological polar surface area (TPSA) is 47.0 Å². The average Bonchev–Trinajstić information content (AvgIpc) is 2.32. The quantitative estimate of drug-likeness (QED) is 0.738. The molecule has 0 aliphatic carbocycles. The highest BCUT2D eigenvalue weighted by molar-refractivity contribution is 5.23. The Morgan fingerprint density at radius 2 is 2.12 bits per heavy atom. The van der Waals surface area contributed by atoms with Gasteiger partial charge in [0.15, 0.2) is 0 Å². The lowest BCUT2D eigenvalue weighted by molar-refractivity contribution is 0.189. The molecule has 1 atom stereocenters. The molecule has 0 amide bonds. The van der Waals surface area contributed by atoms with Crippen molar-refractivity contribution in [3.63, 3.8) is 0 Å². The van der Waals surface area contributed by atoms with Crippen molar-refractivity contribution in [3.8, 4) is 0 Å². The highest BCUT2D eigenvalue weighted by atomic mass is 16.5. The maximum Gasteiger partial charge on any atom is 0.0648 e. The van der Waals surface area contributed by atoms with Gasteiger partial charge < -0.3 is 10.1 Å². The molecule has 1 aromatic rings. The number of nitrogens with one attached hydrogen (secondary N) is 1. The van der Waals surface area contributed by atoms with Gasteiger partial charge in [0.05, 0.1) is 11.4 Å². The van der Waals surface area contributed by atoms with Crippen molar-refractivity contribution < 1.29 is 4.74 Å². The van der Waals surface area contributed by atoms with Gasteiger partial charge in [0.25, 0.3) is 0 Å². The number of hydrogen-bond donors (Lipinski definition) is 1. The highest BCUT2D eigenvalue weighted by Gasteiger charge is 2.13. The molecule has 96 valence electrons. The van der Waals surface area contributed by atoms with Gasteiger partial charge in [0, 0.05) is 19.8 Å². The first-order valence-electron chi connectivity index (χ1n) is 6.22. The Hall–Kier alpha value is -1.00. The Balaban J connectivity index is 2.77. The molecular formula is C13H23N3O. The molecule has 1 heterocycles. The van der Waals surface area contributed by atoms with E-state index >= 15 is 0 Å². The first-order valence-corrected chi connectivity index (χ1v) is 6.22. The zero-order valence-electron chi connectivity index (χ0n) is 11.3. The molecule has 17 heavy (non-hydrogen) atoms. The van der Waals surface area contributed by atoms with Crippen molar-refractivity contribution in [2.24, 2.45) is 0 Å². The number of aromatic nitrogens is 2. The summed E-state index contributed by atoms with van der Waals surface area (Å²) >= 11 is 0. The molecular weight excluding hydrogens is 214 g/mol. The first kappa shape index (κ1) is 14.1. The summed E-state index contributed by atoms with van der Waals surface area (Å²) in [5, 5.41) is 11.8. The van der Waals surface area contributed by atoms with Gasteiger partial charge in [-0.1, -0.05) is 6.92 Å². The second-order valence-electron chi connectivity index (χ2n) is 4.27. The van der Waals surface area contributed by atoms with Gasteiger partial charge >= 0.3 is 0 Å². The fourth-order valence-corrected chi connectivity index (χ4v) is 1.97. The summed E-state index contributed by atoms with van der Waals surface area (Å²) in [5.74, 6) is 0. The molecule has 0 spiro atoms. The molecule has 0 bridgehead atoms. The smallest absolute Gasteiger partial charge is 0.0648 e. The third-order valence-corrected chi connectivity index (χ3v) is 2.81. The first-order chi connectivity index (χ1) is 8.19. The second-order valence-corrected chi connectivity index (χ2v) is 4.27. The SMILES string of the molecule is CCNC(CCCOC)c1cc(C)nnc1C. The molecule has 1 rings (SSSR count). The van der Waals surface area contributed by atoms with Crippen LogP contribution in [0.5, 0.6) is 0 Å². The predicted octanol–water partition coefficient (Wildman–Crippen LogP) is 2.17. The van der Waals surface area contributed by atoms with Crippen LogP contribution >= 0.6 is 0 Å². The number of ether oxygens (including phenoxy) is 1. The van der Waals surface area contributed by atoms with Crippen LogP contribution in [0.3, 0.4) is 0 Å². The number of rotatable bonds is 7. The fourth-order valence-electron chi connectivity index (χ4n) is 1.97. The summed E-state index contributed by atoms with van der Waals surface area (Å²) in [6, 6.07) is 2.48. The minimum Gasteiger partial charge on any atom is -0.385 e. The molecule has 0 radical (unpaired) electrons. The molecule has 0 aliphatic heterocycles. The molecule has 0 fully saturated rings. The van der Waals surface area contributed by atoms with Crippen LogP contribution in [0.15, 0.2) is 6.07 Å². The van der Waals surface area contributed by atoms with Gasteiger partial charge in [-0.15, -0.1) is 0 Å². The van der Waals surface area contributed by atoms with E-state index in [-0.39, 0.29) is 0 Å². The van der Waals surface area contributed by atoms with E-state index in [0.717, 1.165) is 37.4 Å². The van der Waals surface area contributed by atoms with Crippen molar-refractivity contribution in [1.82, 2.24) is 15.5 Å². The van der Waals surface area contributed by atoms with Gasteiger partial charge in [0.2, 0.25) is 0 Å². The highest BCUT2D eigenvalue weighted by Crippen LogP contribution is 2.21. The van der Waals surface area contributed by atoms with Crippen molar-refractivity contribution in [3.05, 3.63) is 23.0 Å². The monoisotopic (exact) mass is 237 g/mol. The number of aryl methyl sites for hydroxylation is 2. The molecule has 1 unspecified atom stereocenters. The summed E-state index contributed by atoms with van der Waals surface area (Å²) < 4.78 is 5.10. The fraction of sp³-hybridized carbons (Fsp3) is 0.692. The van der Waals surface area contributed by atoms with Crippen LogP contribution in [-0.4, -0.2) is 30.5 Å². The number of hydrogen-bond acceptors (Lipinski definition) is 4. The predicted molar refractivity (Wildman–Crippen MR) is 69.0 cm³/mol.